The zero-order valence-corrected chi connectivity index (χ0v) is 15.5. The van der Waals surface area contributed by atoms with Gasteiger partial charge in [0.05, 0.1) is 10.5 Å². The Morgan fingerprint density at radius 1 is 1.37 bits per heavy atom. The fourth-order valence-corrected chi connectivity index (χ4v) is 4.51. The molecule has 0 fully saturated rings. The van der Waals surface area contributed by atoms with Gasteiger partial charge in [0, 0.05) is 17.0 Å². The molecule has 9 heteroatoms. The number of nitrogens with zero attached hydrogens (tertiary/aromatic N) is 1. The fraction of sp³-hybridized carbons (Fsp3) is 0.333. The predicted octanol–water partition coefficient (Wildman–Crippen LogP) is 2.90. The third-order valence-corrected chi connectivity index (χ3v) is 5.60. The molecule has 1 aromatic heterocycles. The van der Waals surface area contributed by atoms with Crippen LogP contribution in [0.1, 0.15) is 34.1 Å². The van der Waals surface area contributed by atoms with Gasteiger partial charge in [-0.05, 0) is 42.9 Å². The predicted molar refractivity (Wildman–Crippen MR) is 101 cm³/mol. The van der Waals surface area contributed by atoms with Crippen LogP contribution in [0, 0.1) is 16.0 Å². The molecule has 2 aromatic rings. The number of anilines is 1. The van der Waals surface area contributed by atoms with Gasteiger partial charge in [-0.2, -0.15) is 0 Å². The van der Waals surface area contributed by atoms with Crippen LogP contribution in [-0.2, 0) is 17.6 Å². The quantitative estimate of drug-likeness (QED) is 0.580. The summed E-state index contributed by atoms with van der Waals surface area (Å²) in [7, 11) is 0. The lowest BCUT2D eigenvalue weighted by Crippen LogP contribution is -2.22. The number of nitrogens with two attached hydrogens (primary N) is 1. The van der Waals surface area contributed by atoms with Crippen LogP contribution in [0.2, 0.25) is 0 Å². The van der Waals surface area contributed by atoms with E-state index in [1.54, 1.807) is 0 Å². The maximum Gasteiger partial charge on any atom is 0.269 e. The molecule has 2 amide bonds. The molecule has 0 radical (unpaired) electrons. The van der Waals surface area contributed by atoms with Gasteiger partial charge in [-0.25, -0.2) is 0 Å². The number of nitrogens with one attached hydrogen (secondary N) is 1. The van der Waals surface area contributed by atoms with Crippen molar-refractivity contribution in [1.29, 1.82) is 0 Å². The second-order valence-corrected chi connectivity index (χ2v) is 7.61. The van der Waals surface area contributed by atoms with Gasteiger partial charge in [-0.15, -0.1) is 11.3 Å². The van der Waals surface area contributed by atoms with Gasteiger partial charge in [-0.3, -0.25) is 19.7 Å². The summed E-state index contributed by atoms with van der Waals surface area (Å²) in [5, 5.41) is 13.8. The van der Waals surface area contributed by atoms with Gasteiger partial charge in [0.15, 0.2) is 6.61 Å². The van der Waals surface area contributed by atoms with Crippen LogP contribution in [-0.4, -0.2) is 23.3 Å². The van der Waals surface area contributed by atoms with E-state index in [9.17, 15) is 19.7 Å². The lowest BCUT2D eigenvalue weighted by atomic mass is 9.88. The van der Waals surface area contributed by atoms with Crippen LogP contribution in [0.3, 0.4) is 0 Å². The van der Waals surface area contributed by atoms with E-state index < -0.39 is 16.7 Å². The number of primary amides is 1. The van der Waals surface area contributed by atoms with E-state index in [1.807, 2.05) is 0 Å². The standard InChI is InChI=1S/C18H19N3O5S/c1-10-2-7-13-14(8-10)27-18(16(13)17(19)23)20-15(22)9-26-12-5-3-11(4-6-12)21(24)25/h3-6,10H,2,7-9H2,1H3,(H2,19,23)(H,20,22)/t10-/m1/s1. The second-order valence-electron chi connectivity index (χ2n) is 6.51. The van der Waals surface area contributed by atoms with Gasteiger partial charge in [0.25, 0.3) is 17.5 Å². The molecule has 27 heavy (non-hydrogen) atoms. The van der Waals surface area contributed by atoms with E-state index in [4.69, 9.17) is 10.5 Å². The Labute approximate surface area is 159 Å². The van der Waals surface area contributed by atoms with Crippen LogP contribution in [0.4, 0.5) is 10.7 Å². The van der Waals surface area contributed by atoms with E-state index in [0.717, 1.165) is 29.7 Å². The van der Waals surface area contributed by atoms with E-state index >= 15 is 0 Å². The van der Waals surface area contributed by atoms with E-state index in [-0.39, 0.29) is 12.3 Å². The summed E-state index contributed by atoms with van der Waals surface area (Å²) in [5.74, 6) is -0.104. The van der Waals surface area contributed by atoms with Crippen LogP contribution in [0.5, 0.6) is 5.75 Å². The molecule has 0 bridgehead atoms. The number of hydrogen-bond donors (Lipinski definition) is 2. The highest BCUT2D eigenvalue weighted by Crippen LogP contribution is 2.39. The van der Waals surface area contributed by atoms with E-state index in [1.165, 1.54) is 35.6 Å². The lowest BCUT2D eigenvalue weighted by molar-refractivity contribution is -0.384. The zero-order valence-electron chi connectivity index (χ0n) is 14.7. The molecular formula is C18H19N3O5S. The first-order chi connectivity index (χ1) is 12.8. The Morgan fingerprint density at radius 2 is 2.07 bits per heavy atom. The van der Waals surface area contributed by atoms with Crippen molar-refractivity contribution in [2.45, 2.75) is 26.2 Å². The molecule has 0 unspecified atom stereocenters. The van der Waals surface area contributed by atoms with Crippen LogP contribution >= 0.6 is 11.3 Å². The number of fused-ring (bicyclic) bond motifs is 1. The van der Waals surface area contributed by atoms with Gasteiger partial charge >= 0.3 is 0 Å². The largest absolute Gasteiger partial charge is 0.484 e. The number of rotatable bonds is 6. The SMILES string of the molecule is C[C@@H]1CCc2c(sc(NC(=O)COc3ccc([N+](=O)[O-])cc3)c2C(N)=O)C1. The summed E-state index contributed by atoms with van der Waals surface area (Å²) in [4.78, 5) is 35.3. The normalized spacial score (nSPS) is 15.7. The Hall–Kier alpha value is -2.94. The van der Waals surface area contributed by atoms with Gasteiger partial charge in [0.2, 0.25) is 0 Å². The van der Waals surface area contributed by atoms with E-state index in [0.29, 0.717) is 22.2 Å². The number of amides is 2. The molecule has 0 saturated carbocycles. The number of non-ortho nitro benzene ring substituents is 1. The third-order valence-electron chi connectivity index (χ3n) is 4.43. The molecular weight excluding hydrogens is 370 g/mol. The molecule has 1 aliphatic carbocycles. The van der Waals surface area contributed by atoms with Crippen molar-refractivity contribution in [3.8, 4) is 5.75 Å². The Kier molecular flexibility index (Phi) is 5.41. The number of carbonyl (C=O) groups excluding carboxylic acids is 2. The maximum absolute atomic E-state index is 12.2. The molecule has 1 atom stereocenters. The average molecular weight is 389 g/mol. The molecule has 3 rings (SSSR count). The van der Waals surface area contributed by atoms with Gasteiger partial charge < -0.3 is 15.8 Å². The Morgan fingerprint density at radius 3 is 2.70 bits per heavy atom. The number of benzene rings is 1. The lowest BCUT2D eigenvalue weighted by Gasteiger charge is -2.18. The highest BCUT2D eigenvalue weighted by molar-refractivity contribution is 7.17. The number of nitro benzene ring substituents is 1. The summed E-state index contributed by atoms with van der Waals surface area (Å²) in [6, 6.07) is 5.44. The number of nitro groups is 1. The van der Waals surface area contributed by atoms with Gasteiger partial charge in [-0.1, -0.05) is 6.92 Å². The van der Waals surface area contributed by atoms with Crippen molar-refractivity contribution in [3.05, 3.63) is 50.4 Å². The highest BCUT2D eigenvalue weighted by Gasteiger charge is 2.27. The van der Waals surface area contributed by atoms with E-state index in [2.05, 4.69) is 12.2 Å². The van der Waals surface area contributed by atoms with Gasteiger partial charge in [0.1, 0.15) is 10.8 Å². The van der Waals surface area contributed by atoms with Crippen LogP contribution in [0.25, 0.3) is 0 Å². The first-order valence-corrected chi connectivity index (χ1v) is 9.28. The van der Waals surface area contributed by atoms with Crippen LogP contribution in [0.15, 0.2) is 24.3 Å². The molecule has 1 aromatic carbocycles. The molecule has 0 saturated heterocycles. The minimum absolute atomic E-state index is 0.0590. The maximum atomic E-state index is 12.2. The number of thiophene rings is 1. The summed E-state index contributed by atoms with van der Waals surface area (Å²) < 4.78 is 5.35. The van der Waals surface area contributed by atoms with Crippen LogP contribution < -0.4 is 15.8 Å². The zero-order chi connectivity index (χ0) is 19.6. The topological polar surface area (TPSA) is 125 Å². The van der Waals surface area contributed by atoms with Crippen molar-refractivity contribution in [1.82, 2.24) is 0 Å². The molecule has 8 nitrogen and oxygen atoms in total. The minimum atomic E-state index is -0.548. The highest BCUT2D eigenvalue weighted by atomic mass is 32.1. The molecule has 0 spiro atoms. The first-order valence-electron chi connectivity index (χ1n) is 8.46. The van der Waals surface area contributed by atoms with Crippen molar-refractivity contribution >= 4 is 33.8 Å². The van der Waals surface area contributed by atoms with Crippen molar-refractivity contribution in [2.24, 2.45) is 11.7 Å². The number of carbonyl (C=O) groups is 2. The fourth-order valence-electron chi connectivity index (χ4n) is 3.08. The molecule has 3 N–H and O–H groups in total. The minimum Gasteiger partial charge on any atom is -0.484 e. The molecule has 142 valence electrons. The first kappa shape index (κ1) is 18.8. The Balaban J connectivity index is 1.67. The Bertz CT molecular complexity index is 891. The molecule has 1 aliphatic rings. The summed E-state index contributed by atoms with van der Waals surface area (Å²) in [6.07, 6.45) is 2.64. The summed E-state index contributed by atoms with van der Waals surface area (Å²) in [5.41, 5.74) is 6.80. The third kappa shape index (κ3) is 4.25. The monoisotopic (exact) mass is 389 g/mol. The number of ether oxygens (including phenoxy) is 1. The van der Waals surface area contributed by atoms with Crippen molar-refractivity contribution in [3.63, 3.8) is 0 Å². The smallest absolute Gasteiger partial charge is 0.269 e. The average Bonchev–Trinajstić information content (AvgIpc) is 2.97. The summed E-state index contributed by atoms with van der Waals surface area (Å²) >= 11 is 1.39. The molecule has 1 heterocycles. The second kappa shape index (κ2) is 7.75. The van der Waals surface area contributed by atoms with Crippen molar-refractivity contribution in [2.75, 3.05) is 11.9 Å². The summed E-state index contributed by atoms with van der Waals surface area (Å²) in [6.45, 7) is 1.87. The molecule has 0 aliphatic heterocycles. The van der Waals surface area contributed by atoms with Crippen molar-refractivity contribution < 1.29 is 19.2 Å². The number of hydrogen-bond acceptors (Lipinski definition) is 6.